The number of esters is 1. The van der Waals surface area contributed by atoms with Crippen LogP contribution in [-0.4, -0.2) is 28.3 Å². The summed E-state index contributed by atoms with van der Waals surface area (Å²) in [6.07, 6.45) is 4.87. The average molecular weight is 407 g/mol. The second-order valence-corrected chi connectivity index (χ2v) is 6.45. The van der Waals surface area contributed by atoms with E-state index < -0.39 is 17.6 Å². The van der Waals surface area contributed by atoms with Crippen LogP contribution >= 0.6 is 0 Å². The molecule has 0 saturated heterocycles. The highest BCUT2D eigenvalue weighted by Gasteiger charge is 2.37. The summed E-state index contributed by atoms with van der Waals surface area (Å²) in [7, 11) is 0. The summed E-state index contributed by atoms with van der Waals surface area (Å²) in [5, 5.41) is 3.64. The maximum absolute atomic E-state index is 13.9. The Morgan fingerprint density at radius 1 is 1.30 bits per heavy atom. The molecule has 1 aliphatic rings. The SMILES string of the molecule is CCOC(=O)C1=C(NCc2ccccc2F)O/C(=C\c2c[nH]c3ncccc23)C1=O. The first-order valence-electron chi connectivity index (χ1n) is 9.33. The number of H-pyrrole nitrogens is 1. The molecule has 0 fully saturated rings. The molecule has 152 valence electrons. The van der Waals surface area contributed by atoms with Gasteiger partial charge >= 0.3 is 5.97 Å². The van der Waals surface area contributed by atoms with Crippen LogP contribution in [0, 0.1) is 5.82 Å². The van der Waals surface area contributed by atoms with Crippen molar-refractivity contribution in [3.63, 3.8) is 0 Å². The van der Waals surface area contributed by atoms with Gasteiger partial charge in [0.15, 0.2) is 11.3 Å². The van der Waals surface area contributed by atoms with E-state index in [-0.39, 0.29) is 30.4 Å². The zero-order valence-corrected chi connectivity index (χ0v) is 16.1. The first-order chi connectivity index (χ1) is 14.6. The number of hydrogen-bond donors (Lipinski definition) is 2. The zero-order chi connectivity index (χ0) is 21.1. The number of benzene rings is 1. The third-order valence-corrected chi connectivity index (χ3v) is 4.54. The lowest BCUT2D eigenvalue weighted by molar-refractivity contribution is -0.139. The van der Waals surface area contributed by atoms with Crippen molar-refractivity contribution in [2.45, 2.75) is 13.5 Å². The van der Waals surface area contributed by atoms with Crippen molar-refractivity contribution < 1.29 is 23.5 Å². The summed E-state index contributed by atoms with van der Waals surface area (Å²) in [6, 6.07) is 9.82. The number of fused-ring (bicyclic) bond motifs is 1. The van der Waals surface area contributed by atoms with Gasteiger partial charge in [-0.2, -0.15) is 0 Å². The van der Waals surface area contributed by atoms with Gasteiger partial charge in [-0.05, 0) is 31.2 Å². The highest BCUT2D eigenvalue weighted by molar-refractivity contribution is 6.26. The Morgan fingerprint density at radius 3 is 2.93 bits per heavy atom. The van der Waals surface area contributed by atoms with E-state index in [1.165, 1.54) is 12.1 Å². The predicted molar refractivity (Wildman–Crippen MR) is 107 cm³/mol. The molecular formula is C22H18FN3O4. The molecule has 0 saturated carbocycles. The predicted octanol–water partition coefficient (Wildman–Crippen LogP) is 3.21. The molecular weight excluding hydrogens is 389 g/mol. The molecule has 3 aromatic rings. The number of ether oxygens (including phenoxy) is 2. The number of carbonyl (C=O) groups is 2. The molecule has 1 aromatic carbocycles. The number of Topliss-reactive ketones (excluding diaryl/α,β-unsaturated/α-hetero) is 1. The first kappa shape index (κ1) is 19.4. The summed E-state index contributed by atoms with van der Waals surface area (Å²) < 4.78 is 24.6. The van der Waals surface area contributed by atoms with Gasteiger partial charge in [-0.15, -0.1) is 0 Å². The van der Waals surface area contributed by atoms with Gasteiger partial charge in [0.1, 0.15) is 11.5 Å². The molecule has 3 heterocycles. The number of nitrogens with zero attached hydrogens (tertiary/aromatic N) is 1. The molecule has 30 heavy (non-hydrogen) atoms. The fraction of sp³-hybridized carbons (Fsp3) is 0.136. The van der Waals surface area contributed by atoms with E-state index in [0.29, 0.717) is 16.8 Å². The number of halogens is 1. The normalized spacial score (nSPS) is 15.0. The number of carbonyl (C=O) groups excluding carboxylic acids is 2. The Hall–Kier alpha value is -3.94. The monoisotopic (exact) mass is 407 g/mol. The van der Waals surface area contributed by atoms with E-state index in [2.05, 4.69) is 15.3 Å². The number of aromatic nitrogens is 2. The first-order valence-corrected chi connectivity index (χ1v) is 9.33. The van der Waals surface area contributed by atoms with Crippen LogP contribution < -0.4 is 5.32 Å². The molecule has 0 unspecified atom stereocenters. The van der Waals surface area contributed by atoms with Crippen molar-refractivity contribution in [2.24, 2.45) is 0 Å². The molecule has 0 amide bonds. The zero-order valence-electron chi connectivity index (χ0n) is 16.1. The van der Waals surface area contributed by atoms with Gasteiger partial charge in [-0.25, -0.2) is 14.2 Å². The van der Waals surface area contributed by atoms with Gasteiger partial charge in [0, 0.05) is 35.5 Å². The Balaban J connectivity index is 1.64. The summed E-state index contributed by atoms with van der Waals surface area (Å²) >= 11 is 0. The van der Waals surface area contributed by atoms with Gasteiger partial charge in [0.05, 0.1) is 6.61 Å². The lowest BCUT2D eigenvalue weighted by atomic mass is 10.1. The summed E-state index contributed by atoms with van der Waals surface area (Å²) in [5.74, 6) is -1.93. The fourth-order valence-corrected chi connectivity index (χ4v) is 3.10. The number of ketones is 1. The molecule has 8 heteroatoms. The van der Waals surface area contributed by atoms with Gasteiger partial charge in [0.25, 0.3) is 0 Å². The number of hydrogen-bond acceptors (Lipinski definition) is 6. The third-order valence-electron chi connectivity index (χ3n) is 4.54. The topological polar surface area (TPSA) is 93.3 Å². The second kappa shape index (κ2) is 8.20. The Bertz CT molecular complexity index is 1200. The minimum atomic E-state index is -0.803. The Kier molecular flexibility index (Phi) is 5.30. The Labute approximate surface area is 171 Å². The standard InChI is InChI=1S/C22H18FN3O4/c1-2-29-22(28)18-19(27)17(10-14-12-25-20-15(14)7-5-9-24-20)30-21(18)26-11-13-6-3-4-8-16(13)23/h3-10,12,26H,2,11H2,1H3,(H,24,25)/b17-10-. The minimum Gasteiger partial charge on any atom is -0.462 e. The fourth-order valence-electron chi connectivity index (χ4n) is 3.10. The quantitative estimate of drug-likeness (QED) is 0.370. The summed E-state index contributed by atoms with van der Waals surface area (Å²) in [6.45, 7) is 1.77. The number of aromatic amines is 1. The van der Waals surface area contributed by atoms with Crippen LogP contribution in [0.25, 0.3) is 17.1 Å². The van der Waals surface area contributed by atoms with E-state index in [9.17, 15) is 14.0 Å². The average Bonchev–Trinajstić information content (AvgIpc) is 3.29. The molecule has 2 aromatic heterocycles. The molecule has 7 nitrogen and oxygen atoms in total. The van der Waals surface area contributed by atoms with E-state index in [1.54, 1.807) is 43.6 Å². The van der Waals surface area contributed by atoms with Crippen LogP contribution in [0.5, 0.6) is 0 Å². The lowest BCUT2D eigenvalue weighted by Gasteiger charge is -2.09. The number of allylic oxidation sites excluding steroid dienone is 1. The summed E-state index contributed by atoms with van der Waals surface area (Å²) in [4.78, 5) is 32.5. The highest BCUT2D eigenvalue weighted by atomic mass is 19.1. The minimum absolute atomic E-state index is 0.0302. The smallest absolute Gasteiger partial charge is 0.347 e. The third kappa shape index (κ3) is 3.67. The van der Waals surface area contributed by atoms with Crippen molar-refractivity contribution in [1.82, 2.24) is 15.3 Å². The highest BCUT2D eigenvalue weighted by Crippen LogP contribution is 2.28. The van der Waals surface area contributed by atoms with Crippen LogP contribution in [0.15, 0.2) is 66.0 Å². The van der Waals surface area contributed by atoms with Crippen molar-refractivity contribution in [3.8, 4) is 0 Å². The number of rotatable bonds is 6. The van der Waals surface area contributed by atoms with Crippen molar-refractivity contribution in [2.75, 3.05) is 6.61 Å². The van der Waals surface area contributed by atoms with Crippen LogP contribution in [0.2, 0.25) is 0 Å². The van der Waals surface area contributed by atoms with E-state index in [0.717, 1.165) is 5.39 Å². The molecule has 4 rings (SSSR count). The molecule has 0 aliphatic carbocycles. The molecule has 0 atom stereocenters. The van der Waals surface area contributed by atoms with E-state index in [1.807, 2.05) is 6.07 Å². The molecule has 2 N–H and O–H groups in total. The van der Waals surface area contributed by atoms with Gasteiger partial charge in [0.2, 0.25) is 11.7 Å². The van der Waals surface area contributed by atoms with Crippen LogP contribution in [0.3, 0.4) is 0 Å². The molecule has 1 aliphatic heterocycles. The van der Waals surface area contributed by atoms with E-state index >= 15 is 0 Å². The molecule has 0 bridgehead atoms. The maximum atomic E-state index is 13.9. The van der Waals surface area contributed by atoms with E-state index in [4.69, 9.17) is 9.47 Å². The van der Waals surface area contributed by atoms with Crippen molar-refractivity contribution >= 4 is 28.9 Å². The Morgan fingerprint density at radius 2 is 2.13 bits per heavy atom. The van der Waals surface area contributed by atoms with Gasteiger partial charge in [-0.1, -0.05) is 18.2 Å². The largest absolute Gasteiger partial charge is 0.462 e. The maximum Gasteiger partial charge on any atom is 0.347 e. The molecule has 0 spiro atoms. The summed E-state index contributed by atoms with van der Waals surface area (Å²) in [5.41, 5.74) is 1.45. The van der Waals surface area contributed by atoms with Crippen molar-refractivity contribution in [3.05, 3.63) is 83.0 Å². The van der Waals surface area contributed by atoms with Gasteiger partial charge < -0.3 is 19.8 Å². The molecule has 0 radical (unpaired) electrons. The van der Waals surface area contributed by atoms with Crippen LogP contribution in [0.1, 0.15) is 18.1 Å². The van der Waals surface area contributed by atoms with Gasteiger partial charge in [-0.3, -0.25) is 4.79 Å². The number of pyridine rings is 1. The van der Waals surface area contributed by atoms with Crippen LogP contribution in [0.4, 0.5) is 4.39 Å². The van der Waals surface area contributed by atoms with Crippen LogP contribution in [-0.2, 0) is 25.6 Å². The second-order valence-electron chi connectivity index (χ2n) is 6.45. The number of nitrogens with one attached hydrogen (secondary N) is 2. The van der Waals surface area contributed by atoms with Crippen molar-refractivity contribution in [1.29, 1.82) is 0 Å². The lowest BCUT2D eigenvalue weighted by Crippen LogP contribution is -2.20.